The van der Waals surface area contributed by atoms with Crippen molar-refractivity contribution >= 4 is 5.97 Å². The van der Waals surface area contributed by atoms with Crippen LogP contribution in [-0.2, 0) is 11.3 Å². The van der Waals surface area contributed by atoms with Crippen LogP contribution in [0.1, 0.15) is 16.1 Å². The van der Waals surface area contributed by atoms with E-state index in [4.69, 9.17) is 4.74 Å². The van der Waals surface area contributed by atoms with E-state index in [2.05, 4.69) is 0 Å². The molecular formula is C15H17NO3. The average Bonchev–Trinajstić information content (AvgIpc) is 2.81. The molecule has 0 spiro atoms. The number of hydrogen-bond donors (Lipinski definition) is 1. The molecule has 19 heavy (non-hydrogen) atoms. The van der Waals surface area contributed by atoms with E-state index in [1.807, 2.05) is 37.3 Å². The second kappa shape index (κ2) is 5.71. The van der Waals surface area contributed by atoms with E-state index in [-0.39, 0.29) is 5.69 Å². The van der Waals surface area contributed by atoms with Crippen LogP contribution < -0.4 is 0 Å². The number of benzene rings is 1. The van der Waals surface area contributed by atoms with Crippen molar-refractivity contribution in [1.82, 2.24) is 4.57 Å². The molecule has 1 heterocycles. The first-order chi connectivity index (χ1) is 9.13. The fraction of sp³-hybridized carbons (Fsp3) is 0.267. The van der Waals surface area contributed by atoms with Crippen molar-refractivity contribution in [2.24, 2.45) is 0 Å². The van der Waals surface area contributed by atoms with Crippen LogP contribution in [0, 0.1) is 6.92 Å². The number of carbonyl (C=O) groups is 1. The zero-order valence-corrected chi connectivity index (χ0v) is 11.1. The van der Waals surface area contributed by atoms with Gasteiger partial charge in [0.05, 0.1) is 6.61 Å². The molecule has 0 saturated heterocycles. The van der Waals surface area contributed by atoms with Gasteiger partial charge in [0.25, 0.3) is 0 Å². The van der Waals surface area contributed by atoms with Crippen molar-refractivity contribution in [2.75, 3.05) is 13.7 Å². The maximum Gasteiger partial charge on any atom is 0.352 e. The molecule has 4 heteroatoms. The monoisotopic (exact) mass is 259 g/mol. The van der Waals surface area contributed by atoms with Gasteiger partial charge in [-0.1, -0.05) is 29.8 Å². The Kier molecular flexibility index (Phi) is 4.02. The third kappa shape index (κ3) is 2.85. The smallest absolute Gasteiger partial charge is 0.352 e. The van der Waals surface area contributed by atoms with Crippen LogP contribution in [0.2, 0.25) is 0 Å². The lowest BCUT2D eigenvalue weighted by Gasteiger charge is -2.11. The molecule has 2 aromatic rings. The van der Waals surface area contributed by atoms with Crippen LogP contribution >= 0.6 is 0 Å². The molecule has 1 N–H and O–H groups in total. The Morgan fingerprint density at radius 3 is 2.47 bits per heavy atom. The minimum atomic E-state index is -0.922. The maximum absolute atomic E-state index is 11.2. The Balaban J connectivity index is 2.44. The van der Waals surface area contributed by atoms with Gasteiger partial charge in [-0.3, -0.25) is 0 Å². The van der Waals surface area contributed by atoms with Crippen molar-refractivity contribution in [2.45, 2.75) is 13.5 Å². The highest BCUT2D eigenvalue weighted by Crippen LogP contribution is 2.23. The van der Waals surface area contributed by atoms with Crippen molar-refractivity contribution < 1.29 is 14.6 Å². The van der Waals surface area contributed by atoms with Crippen LogP contribution in [0.3, 0.4) is 0 Å². The van der Waals surface area contributed by atoms with Gasteiger partial charge in [0.2, 0.25) is 0 Å². The summed E-state index contributed by atoms with van der Waals surface area (Å²) >= 11 is 0. The van der Waals surface area contributed by atoms with Gasteiger partial charge in [-0.05, 0) is 24.6 Å². The summed E-state index contributed by atoms with van der Waals surface area (Å²) in [4.78, 5) is 11.2. The number of rotatable bonds is 5. The quantitative estimate of drug-likeness (QED) is 0.898. The Morgan fingerprint density at radius 1 is 1.21 bits per heavy atom. The molecule has 100 valence electrons. The number of aromatic nitrogens is 1. The number of hydrogen-bond acceptors (Lipinski definition) is 2. The maximum atomic E-state index is 11.2. The SMILES string of the molecule is COCCn1c(C(=O)O)ccc1-c1ccc(C)cc1. The first-order valence-corrected chi connectivity index (χ1v) is 6.12. The molecule has 0 atom stereocenters. The van der Waals surface area contributed by atoms with Gasteiger partial charge < -0.3 is 14.4 Å². The standard InChI is InChI=1S/C15H17NO3/c1-11-3-5-12(6-4-11)13-7-8-14(15(17)18)16(13)9-10-19-2/h3-8H,9-10H2,1-2H3,(H,17,18). The number of carboxylic acid groups (broad SMARTS) is 1. The molecule has 0 unspecified atom stereocenters. The second-order valence-corrected chi connectivity index (χ2v) is 4.42. The summed E-state index contributed by atoms with van der Waals surface area (Å²) in [5.41, 5.74) is 3.37. The molecule has 0 bridgehead atoms. The van der Waals surface area contributed by atoms with E-state index in [1.54, 1.807) is 17.7 Å². The lowest BCUT2D eigenvalue weighted by Crippen LogP contribution is -2.12. The fourth-order valence-electron chi connectivity index (χ4n) is 2.05. The van der Waals surface area contributed by atoms with E-state index < -0.39 is 5.97 Å². The first kappa shape index (κ1) is 13.4. The van der Waals surface area contributed by atoms with Crippen LogP contribution in [0.25, 0.3) is 11.3 Å². The van der Waals surface area contributed by atoms with Gasteiger partial charge in [0, 0.05) is 19.3 Å². The summed E-state index contributed by atoms with van der Waals surface area (Å²) in [7, 11) is 1.61. The lowest BCUT2D eigenvalue weighted by molar-refractivity contribution is 0.0683. The van der Waals surface area contributed by atoms with Gasteiger partial charge in [-0.2, -0.15) is 0 Å². The first-order valence-electron chi connectivity index (χ1n) is 6.12. The largest absolute Gasteiger partial charge is 0.477 e. The molecular weight excluding hydrogens is 242 g/mol. The third-order valence-corrected chi connectivity index (χ3v) is 3.07. The highest BCUT2D eigenvalue weighted by atomic mass is 16.5. The Bertz CT molecular complexity index is 570. The van der Waals surface area contributed by atoms with Crippen LogP contribution in [0.4, 0.5) is 0 Å². The minimum absolute atomic E-state index is 0.285. The Hall–Kier alpha value is -2.07. The van der Waals surface area contributed by atoms with Crippen LogP contribution in [-0.4, -0.2) is 29.4 Å². The van der Waals surface area contributed by atoms with Crippen molar-refractivity contribution in [3.05, 3.63) is 47.7 Å². The topological polar surface area (TPSA) is 51.5 Å². The Labute approximate surface area is 112 Å². The van der Waals surface area contributed by atoms with Gasteiger partial charge in [-0.15, -0.1) is 0 Å². The lowest BCUT2D eigenvalue weighted by atomic mass is 10.1. The summed E-state index contributed by atoms with van der Waals surface area (Å²) in [5.74, 6) is -0.922. The van der Waals surface area contributed by atoms with E-state index >= 15 is 0 Å². The third-order valence-electron chi connectivity index (χ3n) is 3.07. The number of aryl methyl sites for hydroxylation is 1. The molecule has 0 amide bonds. The summed E-state index contributed by atoms with van der Waals surface area (Å²) in [6.45, 7) is 3.03. The molecule has 2 rings (SSSR count). The number of methoxy groups -OCH3 is 1. The van der Waals surface area contributed by atoms with E-state index in [0.29, 0.717) is 13.2 Å². The fourth-order valence-corrected chi connectivity index (χ4v) is 2.05. The summed E-state index contributed by atoms with van der Waals surface area (Å²) < 4.78 is 6.82. The van der Waals surface area contributed by atoms with Gasteiger partial charge >= 0.3 is 5.97 Å². The minimum Gasteiger partial charge on any atom is -0.477 e. The molecule has 0 aliphatic heterocycles. The number of ether oxygens (including phenoxy) is 1. The van der Waals surface area contributed by atoms with Crippen LogP contribution in [0.15, 0.2) is 36.4 Å². The predicted molar refractivity (Wildman–Crippen MR) is 73.4 cm³/mol. The zero-order valence-electron chi connectivity index (χ0n) is 11.1. The summed E-state index contributed by atoms with van der Waals surface area (Å²) in [6, 6.07) is 11.5. The van der Waals surface area contributed by atoms with Crippen molar-refractivity contribution in [3.63, 3.8) is 0 Å². The molecule has 0 radical (unpaired) electrons. The van der Waals surface area contributed by atoms with Crippen LogP contribution in [0.5, 0.6) is 0 Å². The molecule has 4 nitrogen and oxygen atoms in total. The zero-order chi connectivity index (χ0) is 13.8. The molecule has 0 aliphatic rings. The molecule has 1 aromatic carbocycles. The number of carboxylic acids is 1. The second-order valence-electron chi connectivity index (χ2n) is 4.42. The average molecular weight is 259 g/mol. The van der Waals surface area contributed by atoms with E-state index in [9.17, 15) is 9.90 Å². The molecule has 0 aliphatic carbocycles. The highest BCUT2D eigenvalue weighted by molar-refractivity contribution is 5.87. The van der Waals surface area contributed by atoms with E-state index in [1.165, 1.54) is 5.56 Å². The normalized spacial score (nSPS) is 10.6. The number of nitrogens with zero attached hydrogens (tertiary/aromatic N) is 1. The molecule has 0 fully saturated rings. The molecule has 0 saturated carbocycles. The Morgan fingerprint density at radius 2 is 1.89 bits per heavy atom. The molecule has 1 aromatic heterocycles. The summed E-state index contributed by atoms with van der Waals surface area (Å²) in [5, 5.41) is 9.21. The van der Waals surface area contributed by atoms with Gasteiger partial charge in [-0.25, -0.2) is 4.79 Å². The van der Waals surface area contributed by atoms with E-state index in [0.717, 1.165) is 11.3 Å². The van der Waals surface area contributed by atoms with Crippen molar-refractivity contribution in [1.29, 1.82) is 0 Å². The predicted octanol–water partition coefficient (Wildman–Crippen LogP) is 2.81. The van der Waals surface area contributed by atoms with Gasteiger partial charge in [0.1, 0.15) is 5.69 Å². The van der Waals surface area contributed by atoms with Gasteiger partial charge in [0.15, 0.2) is 0 Å². The highest BCUT2D eigenvalue weighted by Gasteiger charge is 2.14. The summed E-state index contributed by atoms with van der Waals surface area (Å²) in [6.07, 6.45) is 0. The van der Waals surface area contributed by atoms with Crippen molar-refractivity contribution in [3.8, 4) is 11.3 Å². The number of aromatic carboxylic acids is 1.